The Bertz CT molecular complexity index is 729. The number of benzene rings is 2. The molecule has 22 heavy (non-hydrogen) atoms. The molecule has 0 aliphatic heterocycles. The minimum absolute atomic E-state index is 0.228. The number of sulfonamides is 1. The Balaban J connectivity index is 1.98. The summed E-state index contributed by atoms with van der Waals surface area (Å²) in [5.41, 5.74) is 1.02. The summed E-state index contributed by atoms with van der Waals surface area (Å²) in [6, 6.07) is 13.9. The second-order valence-electron chi connectivity index (χ2n) is 4.92. The third kappa shape index (κ3) is 4.00. The first kappa shape index (κ1) is 16.8. The smallest absolute Gasteiger partial charge is 0.242 e. The Kier molecular flexibility index (Phi) is 5.45. The predicted molar refractivity (Wildman–Crippen MR) is 87.9 cm³/mol. The molecule has 0 amide bonds. The van der Waals surface area contributed by atoms with Crippen LogP contribution in [0.4, 0.5) is 0 Å². The zero-order valence-corrected chi connectivity index (χ0v) is 14.1. The molecule has 0 unspecified atom stereocenters. The number of halogens is 1. The van der Waals surface area contributed by atoms with Crippen LogP contribution in [-0.4, -0.2) is 32.9 Å². The van der Waals surface area contributed by atoms with E-state index in [0.717, 1.165) is 5.56 Å². The van der Waals surface area contributed by atoms with E-state index in [0.29, 0.717) is 10.8 Å². The van der Waals surface area contributed by atoms with E-state index in [4.69, 9.17) is 16.3 Å². The Morgan fingerprint density at radius 1 is 1.09 bits per heavy atom. The topological polar surface area (TPSA) is 46.6 Å². The fourth-order valence-corrected chi connectivity index (χ4v) is 3.20. The molecule has 0 aliphatic rings. The maximum Gasteiger partial charge on any atom is 0.242 e. The molecule has 0 atom stereocenters. The maximum absolute atomic E-state index is 12.4. The van der Waals surface area contributed by atoms with Crippen LogP contribution < -0.4 is 4.74 Å². The summed E-state index contributed by atoms with van der Waals surface area (Å²) in [7, 11) is -1.97. The largest absolute Gasteiger partial charge is 0.491 e. The number of rotatable bonds is 6. The Hall–Kier alpha value is -1.56. The van der Waals surface area contributed by atoms with Crippen molar-refractivity contribution < 1.29 is 13.2 Å². The van der Waals surface area contributed by atoms with Gasteiger partial charge in [-0.1, -0.05) is 41.4 Å². The van der Waals surface area contributed by atoms with E-state index in [9.17, 15) is 8.42 Å². The van der Waals surface area contributed by atoms with Gasteiger partial charge in [-0.25, -0.2) is 8.42 Å². The van der Waals surface area contributed by atoms with E-state index in [1.807, 2.05) is 19.1 Å². The molecule has 0 fully saturated rings. The van der Waals surface area contributed by atoms with Gasteiger partial charge in [0, 0.05) is 13.6 Å². The van der Waals surface area contributed by atoms with Crippen molar-refractivity contribution in [2.45, 2.75) is 11.8 Å². The highest BCUT2D eigenvalue weighted by Crippen LogP contribution is 2.23. The van der Waals surface area contributed by atoms with Gasteiger partial charge in [0.05, 0.1) is 9.92 Å². The molecule has 2 rings (SSSR count). The maximum atomic E-state index is 12.4. The molecule has 0 radical (unpaired) electrons. The summed E-state index contributed by atoms with van der Waals surface area (Å²) in [6.45, 7) is 2.38. The van der Waals surface area contributed by atoms with E-state index >= 15 is 0 Å². The standard InChI is InChI=1S/C16H18ClNO3S/c1-13-7-9-14(10-8-13)22(19,20)18(2)11-12-21-16-6-4-3-5-15(16)17/h3-10H,11-12H2,1-2H3. The van der Waals surface area contributed by atoms with Gasteiger partial charge in [0.15, 0.2) is 0 Å². The molecule has 2 aromatic carbocycles. The van der Waals surface area contributed by atoms with Crippen LogP contribution in [0.15, 0.2) is 53.4 Å². The van der Waals surface area contributed by atoms with Crippen molar-refractivity contribution in [1.29, 1.82) is 0 Å². The Morgan fingerprint density at radius 3 is 2.36 bits per heavy atom. The predicted octanol–water partition coefficient (Wildman–Crippen LogP) is 3.35. The monoisotopic (exact) mass is 339 g/mol. The first-order valence-corrected chi connectivity index (χ1v) is 8.63. The number of hydrogen-bond donors (Lipinski definition) is 0. The SMILES string of the molecule is Cc1ccc(S(=O)(=O)N(C)CCOc2ccccc2Cl)cc1. The molecule has 0 saturated carbocycles. The van der Waals surface area contributed by atoms with Gasteiger partial charge in [-0.05, 0) is 31.2 Å². The van der Waals surface area contributed by atoms with Gasteiger partial charge in [0.25, 0.3) is 0 Å². The average molecular weight is 340 g/mol. The van der Waals surface area contributed by atoms with Crippen LogP contribution in [0.2, 0.25) is 5.02 Å². The van der Waals surface area contributed by atoms with E-state index in [1.165, 1.54) is 11.4 Å². The quantitative estimate of drug-likeness (QED) is 0.810. The van der Waals surface area contributed by atoms with Crippen LogP contribution in [-0.2, 0) is 10.0 Å². The highest BCUT2D eigenvalue weighted by molar-refractivity contribution is 7.89. The van der Waals surface area contributed by atoms with Gasteiger partial charge in [-0.2, -0.15) is 4.31 Å². The van der Waals surface area contributed by atoms with Crippen LogP contribution in [0.3, 0.4) is 0 Å². The third-order valence-corrected chi connectivity index (χ3v) is 5.41. The van der Waals surface area contributed by atoms with Crippen molar-refractivity contribution in [2.24, 2.45) is 0 Å². The number of ether oxygens (including phenoxy) is 1. The lowest BCUT2D eigenvalue weighted by Crippen LogP contribution is -2.31. The van der Waals surface area contributed by atoms with Crippen molar-refractivity contribution >= 4 is 21.6 Å². The summed E-state index contributed by atoms with van der Waals surface area (Å²) >= 11 is 5.98. The number of nitrogens with zero attached hydrogens (tertiary/aromatic N) is 1. The lowest BCUT2D eigenvalue weighted by atomic mass is 10.2. The summed E-state index contributed by atoms with van der Waals surface area (Å²) in [6.07, 6.45) is 0. The van der Waals surface area contributed by atoms with Gasteiger partial charge in [-0.3, -0.25) is 0 Å². The van der Waals surface area contributed by atoms with Gasteiger partial charge < -0.3 is 4.74 Å². The first-order chi connectivity index (χ1) is 10.4. The summed E-state index contributed by atoms with van der Waals surface area (Å²) in [4.78, 5) is 0.276. The highest BCUT2D eigenvalue weighted by Gasteiger charge is 2.20. The third-order valence-electron chi connectivity index (χ3n) is 3.23. The van der Waals surface area contributed by atoms with E-state index in [2.05, 4.69) is 0 Å². The van der Waals surface area contributed by atoms with Crippen LogP contribution in [0.25, 0.3) is 0 Å². The van der Waals surface area contributed by atoms with Gasteiger partial charge in [-0.15, -0.1) is 0 Å². The minimum Gasteiger partial charge on any atom is -0.491 e. The molecule has 0 bridgehead atoms. The van der Waals surface area contributed by atoms with Gasteiger partial charge in [0.1, 0.15) is 12.4 Å². The Labute approximate surface area is 136 Å². The van der Waals surface area contributed by atoms with Crippen LogP contribution in [0.1, 0.15) is 5.56 Å². The van der Waals surface area contributed by atoms with Crippen LogP contribution in [0, 0.1) is 6.92 Å². The van der Waals surface area contributed by atoms with Crippen LogP contribution in [0.5, 0.6) is 5.75 Å². The second kappa shape index (κ2) is 7.13. The van der Waals surface area contributed by atoms with Crippen LogP contribution >= 0.6 is 11.6 Å². The van der Waals surface area contributed by atoms with Crippen molar-refractivity contribution in [3.63, 3.8) is 0 Å². The normalized spacial score (nSPS) is 11.6. The first-order valence-electron chi connectivity index (χ1n) is 6.81. The highest BCUT2D eigenvalue weighted by atomic mass is 35.5. The van der Waals surface area contributed by atoms with E-state index < -0.39 is 10.0 Å². The molecule has 0 spiro atoms. The lowest BCUT2D eigenvalue weighted by molar-refractivity contribution is 0.287. The molecular formula is C16H18ClNO3S. The van der Waals surface area contributed by atoms with Gasteiger partial charge >= 0.3 is 0 Å². The Morgan fingerprint density at radius 2 is 1.73 bits per heavy atom. The zero-order chi connectivity index (χ0) is 16.2. The molecule has 0 saturated heterocycles. The molecule has 6 heteroatoms. The lowest BCUT2D eigenvalue weighted by Gasteiger charge is -2.18. The molecule has 0 heterocycles. The summed E-state index contributed by atoms with van der Waals surface area (Å²) < 4.78 is 31.6. The van der Waals surface area contributed by atoms with Crippen molar-refractivity contribution in [2.75, 3.05) is 20.2 Å². The van der Waals surface area contributed by atoms with E-state index in [1.54, 1.807) is 36.4 Å². The number of likely N-dealkylation sites (N-methyl/N-ethyl adjacent to an activating group) is 1. The van der Waals surface area contributed by atoms with Crippen molar-refractivity contribution in [3.05, 3.63) is 59.1 Å². The number of aryl methyl sites for hydroxylation is 1. The van der Waals surface area contributed by atoms with Crippen molar-refractivity contribution in [1.82, 2.24) is 4.31 Å². The second-order valence-corrected chi connectivity index (χ2v) is 7.37. The summed E-state index contributed by atoms with van der Waals surface area (Å²) in [5.74, 6) is 0.547. The molecular weight excluding hydrogens is 322 g/mol. The van der Waals surface area contributed by atoms with E-state index in [-0.39, 0.29) is 18.0 Å². The fraction of sp³-hybridized carbons (Fsp3) is 0.250. The van der Waals surface area contributed by atoms with Crippen molar-refractivity contribution in [3.8, 4) is 5.75 Å². The number of hydrogen-bond acceptors (Lipinski definition) is 3. The fourth-order valence-electron chi connectivity index (χ4n) is 1.86. The zero-order valence-electron chi connectivity index (χ0n) is 12.5. The molecule has 0 aromatic heterocycles. The minimum atomic E-state index is -3.50. The average Bonchev–Trinajstić information content (AvgIpc) is 2.49. The van der Waals surface area contributed by atoms with Gasteiger partial charge in [0.2, 0.25) is 10.0 Å². The summed E-state index contributed by atoms with van der Waals surface area (Å²) in [5, 5.41) is 0.506. The molecule has 2 aromatic rings. The molecule has 118 valence electrons. The molecule has 0 N–H and O–H groups in total. The molecule has 0 aliphatic carbocycles. The molecule has 4 nitrogen and oxygen atoms in total. The number of para-hydroxylation sites is 1.